The first-order chi connectivity index (χ1) is 12.3. The molecule has 25 heavy (non-hydrogen) atoms. The van der Waals surface area contributed by atoms with Gasteiger partial charge in [-0.3, -0.25) is 4.79 Å². The van der Waals surface area contributed by atoms with Crippen molar-refractivity contribution in [1.29, 1.82) is 0 Å². The highest BCUT2D eigenvalue weighted by Crippen LogP contribution is 2.14. The number of carbonyl (C=O) groups is 1. The number of ether oxygens (including phenoxy) is 2. The summed E-state index contributed by atoms with van der Waals surface area (Å²) in [6, 6.07) is 0. The lowest BCUT2D eigenvalue weighted by molar-refractivity contribution is -0.144. The van der Waals surface area contributed by atoms with Crippen LogP contribution in [0.2, 0.25) is 0 Å². The van der Waals surface area contributed by atoms with Gasteiger partial charge in [-0.25, -0.2) is 0 Å². The highest BCUT2D eigenvalue weighted by Gasteiger charge is 2.23. The molecule has 0 saturated carbocycles. The van der Waals surface area contributed by atoms with Crippen molar-refractivity contribution in [2.24, 2.45) is 0 Å². The molecule has 0 bridgehead atoms. The summed E-state index contributed by atoms with van der Waals surface area (Å²) in [5, 5.41) is 0. The quantitative estimate of drug-likeness (QED) is 0.149. The molecule has 0 N–H and O–H groups in total. The molecule has 0 amide bonds. The normalized spacial score (nSPS) is 16.1. The van der Waals surface area contributed by atoms with E-state index in [1.807, 2.05) is 0 Å². The van der Waals surface area contributed by atoms with E-state index < -0.39 is 0 Å². The first-order valence-corrected chi connectivity index (χ1v) is 11.1. The van der Waals surface area contributed by atoms with Crippen molar-refractivity contribution in [3.05, 3.63) is 0 Å². The average Bonchev–Trinajstić information content (AvgIpc) is 3.44. The summed E-state index contributed by atoms with van der Waals surface area (Å²) in [6.07, 6.45) is 22.5. The van der Waals surface area contributed by atoms with E-state index in [0.29, 0.717) is 13.0 Å². The van der Waals surface area contributed by atoms with E-state index >= 15 is 0 Å². The van der Waals surface area contributed by atoms with Crippen LogP contribution in [-0.2, 0) is 14.3 Å². The van der Waals surface area contributed by atoms with Gasteiger partial charge in [0.15, 0.2) is 0 Å². The molecule has 1 atom stereocenters. The van der Waals surface area contributed by atoms with Gasteiger partial charge in [-0.2, -0.15) is 0 Å². The molecule has 3 nitrogen and oxygen atoms in total. The van der Waals surface area contributed by atoms with Gasteiger partial charge in [-0.15, -0.1) is 0 Å². The summed E-state index contributed by atoms with van der Waals surface area (Å²) < 4.78 is 10.1. The molecule has 3 heteroatoms. The fraction of sp³-hybridized carbons (Fsp3) is 0.955. The second kappa shape index (κ2) is 16.9. The fourth-order valence-corrected chi connectivity index (χ4v) is 3.24. The van der Waals surface area contributed by atoms with Gasteiger partial charge in [-0.05, 0) is 6.42 Å². The third-order valence-electron chi connectivity index (χ3n) is 5.07. The molecule has 1 aliphatic rings. The molecule has 0 aromatic rings. The monoisotopic (exact) mass is 354 g/mol. The zero-order chi connectivity index (χ0) is 18.0. The summed E-state index contributed by atoms with van der Waals surface area (Å²) in [7, 11) is 0. The molecule has 0 spiro atoms. The maximum absolute atomic E-state index is 11.4. The van der Waals surface area contributed by atoms with Crippen LogP contribution in [0.5, 0.6) is 0 Å². The van der Waals surface area contributed by atoms with Crippen LogP contribution in [0, 0.1) is 0 Å². The Hall–Kier alpha value is -0.570. The standard InChI is InChI=1S/C22H42O3/c1-2-3-4-5-6-7-8-9-10-11-12-13-14-15-16-17-18-22(23)25-20-21-19-24-21/h21H,2-20H2,1H3. The average molecular weight is 355 g/mol. The summed E-state index contributed by atoms with van der Waals surface area (Å²) >= 11 is 0. The molecule has 1 rings (SSSR count). The van der Waals surface area contributed by atoms with E-state index in [0.717, 1.165) is 19.4 Å². The minimum Gasteiger partial charge on any atom is -0.463 e. The van der Waals surface area contributed by atoms with Crippen LogP contribution in [0.1, 0.15) is 116 Å². The number of epoxide rings is 1. The van der Waals surface area contributed by atoms with Crippen LogP contribution in [0.4, 0.5) is 0 Å². The van der Waals surface area contributed by atoms with Crippen molar-refractivity contribution < 1.29 is 14.3 Å². The first kappa shape index (κ1) is 22.5. The van der Waals surface area contributed by atoms with Crippen molar-refractivity contribution in [1.82, 2.24) is 0 Å². The minimum absolute atomic E-state index is 0.0548. The molecular weight excluding hydrogens is 312 g/mol. The van der Waals surface area contributed by atoms with Crippen molar-refractivity contribution in [3.63, 3.8) is 0 Å². The predicted octanol–water partition coefficient (Wildman–Crippen LogP) is 6.58. The summed E-state index contributed by atoms with van der Waals surface area (Å²) in [4.78, 5) is 11.4. The SMILES string of the molecule is CCCCCCCCCCCCCCCCCCC(=O)OCC1CO1. The largest absolute Gasteiger partial charge is 0.463 e. The lowest BCUT2D eigenvalue weighted by Gasteiger charge is -2.04. The van der Waals surface area contributed by atoms with Crippen molar-refractivity contribution in [2.75, 3.05) is 13.2 Å². The zero-order valence-corrected chi connectivity index (χ0v) is 16.7. The third-order valence-corrected chi connectivity index (χ3v) is 5.07. The molecule has 0 aliphatic carbocycles. The van der Waals surface area contributed by atoms with Gasteiger partial charge in [0.05, 0.1) is 6.61 Å². The highest BCUT2D eigenvalue weighted by molar-refractivity contribution is 5.69. The number of carbonyl (C=O) groups excluding carboxylic acids is 1. The molecular formula is C22H42O3. The number of esters is 1. The van der Waals surface area contributed by atoms with E-state index in [4.69, 9.17) is 9.47 Å². The van der Waals surface area contributed by atoms with Gasteiger partial charge in [0.25, 0.3) is 0 Å². The van der Waals surface area contributed by atoms with Gasteiger partial charge in [0, 0.05) is 6.42 Å². The number of unbranched alkanes of at least 4 members (excludes halogenated alkanes) is 15. The van der Waals surface area contributed by atoms with E-state index in [-0.39, 0.29) is 12.1 Å². The van der Waals surface area contributed by atoms with Gasteiger partial charge in [0.1, 0.15) is 12.7 Å². The Morgan fingerprint density at radius 3 is 1.56 bits per heavy atom. The molecule has 1 unspecified atom stereocenters. The van der Waals surface area contributed by atoms with Crippen LogP contribution in [-0.4, -0.2) is 25.3 Å². The number of hydrogen-bond acceptors (Lipinski definition) is 3. The topological polar surface area (TPSA) is 38.8 Å². The highest BCUT2D eigenvalue weighted by atomic mass is 16.6. The Bertz CT molecular complexity index is 300. The smallest absolute Gasteiger partial charge is 0.305 e. The lowest BCUT2D eigenvalue weighted by atomic mass is 10.0. The van der Waals surface area contributed by atoms with Crippen LogP contribution in [0.15, 0.2) is 0 Å². The molecule has 1 aliphatic heterocycles. The Balaban J connectivity index is 1.65. The summed E-state index contributed by atoms with van der Waals surface area (Å²) in [5.74, 6) is -0.0548. The maximum atomic E-state index is 11.4. The van der Waals surface area contributed by atoms with E-state index in [9.17, 15) is 4.79 Å². The molecule has 148 valence electrons. The molecule has 1 saturated heterocycles. The molecule has 0 radical (unpaired) electrons. The minimum atomic E-state index is -0.0548. The first-order valence-electron chi connectivity index (χ1n) is 11.1. The van der Waals surface area contributed by atoms with Gasteiger partial charge in [-0.1, -0.05) is 103 Å². The molecule has 0 aromatic carbocycles. The molecule has 0 aromatic heterocycles. The zero-order valence-electron chi connectivity index (χ0n) is 16.7. The Labute approximate surface area is 156 Å². The van der Waals surface area contributed by atoms with Gasteiger partial charge < -0.3 is 9.47 Å². The van der Waals surface area contributed by atoms with Gasteiger partial charge >= 0.3 is 5.97 Å². The van der Waals surface area contributed by atoms with Crippen LogP contribution >= 0.6 is 0 Å². The Morgan fingerprint density at radius 1 is 0.760 bits per heavy atom. The van der Waals surface area contributed by atoms with E-state index in [1.54, 1.807) is 0 Å². The second-order valence-corrected chi connectivity index (χ2v) is 7.69. The Kier molecular flexibility index (Phi) is 15.2. The van der Waals surface area contributed by atoms with Crippen LogP contribution in [0.3, 0.4) is 0 Å². The fourth-order valence-electron chi connectivity index (χ4n) is 3.24. The molecule has 1 heterocycles. The lowest BCUT2D eigenvalue weighted by Crippen LogP contribution is -2.09. The number of rotatable bonds is 19. The van der Waals surface area contributed by atoms with Gasteiger partial charge in [0.2, 0.25) is 0 Å². The van der Waals surface area contributed by atoms with Crippen LogP contribution in [0.25, 0.3) is 0 Å². The summed E-state index contributed by atoms with van der Waals surface area (Å²) in [5.41, 5.74) is 0. The van der Waals surface area contributed by atoms with E-state index in [2.05, 4.69) is 6.92 Å². The van der Waals surface area contributed by atoms with Crippen LogP contribution < -0.4 is 0 Å². The maximum Gasteiger partial charge on any atom is 0.305 e. The van der Waals surface area contributed by atoms with Crippen molar-refractivity contribution in [2.45, 2.75) is 122 Å². The Morgan fingerprint density at radius 2 is 1.16 bits per heavy atom. The number of hydrogen-bond donors (Lipinski definition) is 0. The predicted molar refractivity (Wildman–Crippen MR) is 105 cm³/mol. The van der Waals surface area contributed by atoms with E-state index in [1.165, 1.54) is 89.9 Å². The summed E-state index contributed by atoms with van der Waals surface area (Å²) in [6.45, 7) is 3.49. The second-order valence-electron chi connectivity index (χ2n) is 7.69. The molecule has 1 fully saturated rings. The third kappa shape index (κ3) is 16.6. The van der Waals surface area contributed by atoms with Crippen molar-refractivity contribution >= 4 is 5.97 Å². The van der Waals surface area contributed by atoms with Crippen molar-refractivity contribution in [3.8, 4) is 0 Å².